The summed E-state index contributed by atoms with van der Waals surface area (Å²) in [6, 6.07) is 4.36. The number of amides is 1. The van der Waals surface area contributed by atoms with Gasteiger partial charge in [0.1, 0.15) is 5.65 Å². The summed E-state index contributed by atoms with van der Waals surface area (Å²) >= 11 is 0. The maximum absolute atomic E-state index is 12.7. The number of carbonyl (C=O) groups is 1. The number of piperidine rings is 1. The highest BCUT2D eigenvalue weighted by molar-refractivity contribution is 5.78. The average Bonchev–Trinajstić information content (AvgIpc) is 3.25. The molecule has 124 valence electrons. The van der Waals surface area contributed by atoms with Crippen LogP contribution >= 0.6 is 0 Å². The maximum Gasteiger partial charge on any atom is 0.228 e. The van der Waals surface area contributed by atoms with Gasteiger partial charge in [-0.1, -0.05) is 6.07 Å². The SMILES string of the molecule is Cc1cccn2cc(CC(=O)N3CCC[C@@H](n4ccnc4)C3)nc12. The van der Waals surface area contributed by atoms with Gasteiger partial charge in [-0.05, 0) is 31.4 Å². The zero-order valence-corrected chi connectivity index (χ0v) is 13.8. The standard InChI is InChI=1S/C18H21N5O/c1-14-4-2-8-22-11-15(20-18(14)22)10-17(24)21-7-3-5-16(12-21)23-9-6-19-13-23/h2,4,6,8-9,11,13,16H,3,5,7,10,12H2,1H3/t16-/m1/s1. The lowest BCUT2D eigenvalue weighted by atomic mass is 10.1. The number of likely N-dealkylation sites (tertiary alicyclic amines) is 1. The molecule has 0 radical (unpaired) electrons. The molecule has 4 rings (SSSR count). The number of imidazole rings is 2. The Morgan fingerprint density at radius 3 is 3.08 bits per heavy atom. The van der Waals surface area contributed by atoms with E-state index in [2.05, 4.69) is 14.5 Å². The number of aromatic nitrogens is 4. The Labute approximate surface area is 140 Å². The molecule has 1 saturated heterocycles. The maximum atomic E-state index is 12.7. The third-order valence-corrected chi connectivity index (χ3v) is 4.76. The molecule has 0 bridgehead atoms. The van der Waals surface area contributed by atoms with Gasteiger partial charge in [-0.15, -0.1) is 0 Å². The van der Waals surface area contributed by atoms with Crippen molar-refractivity contribution in [2.24, 2.45) is 0 Å². The summed E-state index contributed by atoms with van der Waals surface area (Å²) in [6.07, 6.45) is 12.0. The van der Waals surface area contributed by atoms with Gasteiger partial charge in [0.2, 0.25) is 5.91 Å². The molecule has 4 heterocycles. The van der Waals surface area contributed by atoms with E-state index >= 15 is 0 Å². The number of rotatable bonds is 3. The van der Waals surface area contributed by atoms with E-state index in [-0.39, 0.29) is 5.91 Å². The first kappa shape index (κ1) is 14.9. The molecular formula is C18H21N5O. The van der Waals surface area contributed by atoms with Crippen LogP contribution in [0.1, 0.15) is 30.1 Å². The Bertz CT molecular complexity index is 852. The van der Waals surface area contributed by atoms with Crippen LogP contribution in [-0.4, -0.2) is 42.8 Å². The molecule has 1 amide bonds. The summed E-state index contributed by atoms with van der Waals surface area (Å²) in [7, 11) is 0. The van der Waals surface area contributed by atoms with Gasteiger partial charge in [-0.2, -0.15) is 0 Å². The van der Waals surface area contributed by atoms with Gasteiger partial charge in [0.05, 0.1) is 24.5 Å². The molecule has 0 aliphatic carbocycles. The number of hydrogen-bond donors (Lipinski definition) is 0. The van der Waals surface area contributed by atoms with Crippen molar-refractivity contribution in [3.63, 3.8) is 0 Å². The topological polar surface area (TPSA) is 55.4 Å². The Kier molecular flexibility index (Phi) is 3.80. The van der Waals surface area contributed by atoms with Crippen LogP contribution in [0.2, 0.25) is 0 Å². The van der Waals surface area contributed by atoms with E-state index in [0.29, 0.717) is 12.5 Å². The van der Waals surface area contributed by atoms with Crippen molar-refractivity contribution in [2.75, 3.05) is 13.1 Å². The quantitative estimate of drug-likeness (QED) is 0.743. The molecule has 0 aromatic carbocycles. The first-order valence-corrected chi connectivity index (χ1v) is 8.39. The molecule has 24 heavy (non-hydrogen) atoms. The van der Waals surface area contributed by atoms with Crippen LogP contribution < -0.4 is 0 Å². The van der Waals surface area contributed by atoms with Crippen LogP contribution in [0.4, 0.5) is 0 Å². The molecule has 0 spiro atoms. The molecule has 3 aromatic rings. The fourth-order valence-corrected chi connectivity index (χ4v) is 3.47. The van der Waals surface area contributed by atoms with Crippen LogP contribution in [0.15, 0.2) is 43.2 Å². The summed E-state index contributed by atoms with van der Waals surface area (Å²) in [6.45, 7) is 3.62. The molecule has 0 unspecified atom stereocenters. The first-order valence-electron chi connectivity index (χ1n) is 8.39. The molecule has 0 N–H and O–H groups in total. The second-order valence-corrected chi connectivity index (χ2v) is 6.48. The van der Waals surface area contributed by atoms with Crippen molar-refractivity contribution >= 4 is 11.6 Å². The number of aryl methyl sites for hydroxylation is 1. The summed E-state index contributed by atoms with van der Waals surface area (Å²) in [5.41, 5.74) is 2.88. The average molecular weight is 323 g/mol. The van der Waals surface area contributed by atoms with Crippen molar-refractivity contribution in [1.82, 2.24) is 23.8 Å². The lowest BCUT2D eigenvalue weighted by Crippen LogP contribution is -2.41. The highest BCUT2D eigenvalue weighted by atomic mass is 16.2. The minimum atomic E-state index is 0.154. The van der Waals surface area contributed by atoms with E-state index in [1.807, 2.05) is 53.3 Å². The fraction of sp³-hybridized carbons (Fsp3) is 0.389. The van der Waals surface area contributed by atoms with Crippen molar-refractivity contribution in [3.05, 3.63) is 54.5 Å². The van der Waals surface area contributed by atoms with Gasteiger partial charge in [0, 0.05) is 37.9 Å². The number of pyridine rings is 1. The predicted octanol–water partition coefficient (Wildman–Crippen LogP) is 2.25. The van der Waals surface area contributed by atoms with E-state index < -0.39 is 0 Å². The summed E-state index contributed by atoms with van der Waals surface area (Å²) in [5.74, 6) is 0.154. The van der Waals surface area contributed by atoms with Crippen LogP contribution in [0.5, 0.6) is 0 Å². The van der Waals surface area contributed by atoms with Crippen LogP contribution in [-0.2, 0) is 11.2 Å². The molecule has 1 aliphatic rings. The number of fused-ring (bicyclic) bond motifs is 1. The van der Waals surface area contributed by atoms with E-state index in [9.17, 15) is 4.79 Å². The highest BCUT2D eigenvalue weighted by Gasteiger charge is 2.25. The molecule has 3 aromatic heterocycles. The lowest BCUT2D eigenvalue weighted by molar-refractivity contribution is -0.132. The third kappa shape index (κ3) is 2.79. The van der Waals surface area contributed by atoms with Crippen molar-refractivity contribution in [2.45, 2.75) is 32.2 Å². The van der Waals surface area contributed by atoms with Gasteiger partial charge in [-0.3, -0.25) is 4.79 Å². The van der Waals surface area contributed by atoms with Crippen molar-refractivity contribution < 1.29 is 4.79 Å². The summed E-state index contributed by atoms with van der Waals surface area (Å²) in [5, 5.41) is 0. The number of nitrogens with zero attached hydrogens (tertiary/aromatic N) is 5. The molecule has 1 aliphatic heterocycles. The predicted molar refractivity (Wildman–Crippen MR) is 90.7 cm³/mol. The minimum absolute atomic E-state index is 0.154. The number of hydrogen-bond acceptors (Lipinski definition) is 3. The normalized spacial score (nSPS) is 18.2. The van der Waals surface area contributed by atoms with Gasteiger partial charge < -0.3 is 13.9 Å². The Morgan fingerprint density at radius 1 is 1.38 bits per heavy atom. The van der Waals surface area contributed by atoms with Crippen molar-refractivity contribution in [1.29, 1.82) is 0 Å². The fourth-order valence-electron chi connectivity index (χ4n) is 3.47. The monoisotopic (exact) mass is 323 g/mol. The second-order valence-electron chi connectivity index (χ2n) is 6.48. The van der Waals surface area contributed by atoms with E-state index in [1.54, 1.807) is 6.20 Å². The van der Waals surface area contributed by atoms with Crippen LogP contribution in [0.25, 0.3) is 5.65 Å². The lowest BCUT2D eigenvalue weighted by Gasteiger charge is -2.33. The van der Waals surface area contributed by atoms with Gasteiger partial charge >= 0.3 is 0 Å². The molecule has 1 atom stereocenters. The van der Waals surface area contributed by atoms with E-state index in [1.165, 1.54) is 0 Å². The minimum Gasteiger partial charge on any atom is -0.340 e. The van der Waals surface area contributed by atoms with Crippen LogP contribution in [0.3, 0.4) is 0 Å². The molecule has 6 nitrogen and oxygen atoms in total. The van der Waals surface area contributed by atoms with Gasteiger partial charge in [-0.25, -0.2) is 9.97 Å². The smallest absolute Gasteiger partial charge is 0.228 e. The van der Waals surface area contributed by atoms with Gasteiger partial charge in [0.15, 0.2) is 0 Å². The van der Waals surface area contributed by atoms with Gasteiger partial charge in [0.25, 0.3) is 0 Å². The Balaban J connectivity index is 1.47. The molecule has 0 saturated carbocycles. The second kappa shape index (κ2) is 6.11. The Morgan fingerprint density at radius 2 is 2.29 bits per heavy atom. The molecule has 6 heteroatoms. The highest BCUT2D eigenvalue weighted by Crippen LogP contribution is 2.22. The largest absolute Gasteiger partial charge is 0.340 e. The van der Waals surface area contributed by atoms with E-state index in [4.69, 9.17) is 0 Å². The Hall–Kier alpha value is -2.63. The third-order valence-electron chi connectivity index (χ3n) is 4.76. The van der Waals surface area contributed by atoms with Crippen molar-refractivity contribution in [3.8, 4) is 0 Å². The number of carbonyl (C=O) groups excluding carboxylic acids is 1. The zero-order valence-electron chi connectivity index (χ0n) is 13.8. The zero-order chi connectivity index (χ0) is 16.5. The molecular weight excluding hydrogens is 302 g/mol. The van der Waals surface area contributed by atoms with Crippen LogP contribution in [0, 0.1) is 6.92 Å². The summed E-state index contributed by atoms with van der Waals surface area (Å²) in [4.78, 5) is 23.4. The summed E-state index contributed by atoms with van der Waals surface area (Å²) < 4.78 is 4.09. The van der Waals surface area contributed by atoms with E-state index in [0.717, 1.165) is 42.8 Å². The molecule has 1 fully saturated rings. The first-order chi connectivity index (χ1) is 11.7.